The van der Waals surface area contributed by atoms with Crippen molar-refractivity contribution in [3.8, 4) is 0 Å². The number of hydrogen-bond acceptors (Lipinski definition) is 3. The maximum Gasteiger partial charge on any atom is 0.238 e. The first-order valence-electron chi connectivity index (χ1n) is 7.72. The van der Waals surface area contributed by atoms with E-state index in [1.54, 1.807) is 0 Å². The minimum atomic E-state index is 0. The fourth-order valence-corrected chi connectivity index (χ4v) is 3.19. The van der Waals surface area contributed by atoms with Gasteiger partial charge in [0.1, 0.15) is 0 Å². The Balaban J connectivity index is 0.00000242. The van der Waals surface area contributed by atoms with Crippen molar-refractivity contribution in [2.75, 3.05) is 25.0 Å². The smallest absolute Gasteiger partial charge is 0.238 e. The summed E-state index contributed by atoms with van der Waals surface area (Å²) in [6.45, 7) is 10.5. The van der Waals surface area contributed by atoms with Gasteiger partial charge in [0, 0.05) is 18.3 Å². The lowest BCUT2D eigenvalue weighted by atomic mass is 10.0. The highest BCUT2D eigenvalue weighted by Crippen LogP contribution is 2.22. The fraction of sp³-hybridized carbons (Fsp3) is 0.588. The van der Waals surface area contributed by atoms with E-state index in [0.717, 1.165) is 36.3 Å². The quantitative estimate of drug-likeness (QED) is 0.894. The maximum atomic E-state index is 12.3. The summed E-state index contributed by atoms with van der Waals surface area (Å²) >= 11 is 0. The molecule has 1 saturated heterocycles. The number of likely N-dealkylation sites (tertiary alicyclic amines) is 1. The third kappa shape index (κ3) is 4.70. The van der Waals surface area contributed by atoms with E-state index in [9.17, 15) is 4.79 Å². The predicted molar refractivity (Wildman–Crippen MR) is 94.7 cm³/mol. The Morgan fingerprint density at radius 1 is 1.36 bits per heavy atom. The molecule has 0 bridgehead atoms. The average Bonchev–Trinajstić information content (AvgIpc) is 2.82. The molecule has 2 unspecified atom stereocenters. The van der Waals surface area contributed by atoms with Gasteiger partial charge in [0.15, 0.2) is 0 Å². The third-order valence-corrected chi connectivity index (χ3v) is 4.36. The Labute approximate surface area is 139 Å². The van der Waals surface area contributed by atoms with Crippen molar-refractivity contribution in [1.29, 1.82) is 0 Å². The number of hydrogen-bond donors (Lipinski definition) is 2. The van der Waals surface area contributed by atoms with Gasteiger partial charge in [0.2, 0.25) is 5.91 Å². The van der Waals surface area contributed by atoms with Crippen LogP contribution >= 0.6 is 12.4 Å². The molecule has 0 radical (unpaired) electrons. The number of carbonyl (C=O) groups excluding carboxylic acids is 1. The molecule has 0 aliphatic carbocycles. The average molecular weight is 326 g/mol. The van der Waals surface area contributed by atoms with Gasteiger partial charge >= 0.3 is 0 Å². The zero-order valence-corrected chi connectivity index (χ0v) is 14.8. The first-order chi connectivity index (χ1) is 9.86. The Morgan fingerprint density at radius 3 is 2.45 bits per heavy atom. The summed E-state index contributed by atoms with van der Waals surface area (Å²) in [5.74, 6) is 0.580. The summed E-state index contributed by atoms with van der Waals surface area (Å²) in [7, 11) is 0. The summed E-state index contributed by atoms with van der Waals surface area (Å²) in [5, 5.41) is 3.06. The number of halogens is 1. The van der Waals surface area contributed by atoms with Gasteiger partial charge in [-0.3, -0.25) is 9.69 Å². The van der Waals surface area contributed by atoms with Crippen LogP contribution in [0.2, 0.25) is 0 Å². The van der Waals surface area contributed by atoms with Gasteiger partial charge in [0.05, 0.1) is 6.54 Å². The molecule has 2 atom stereocenters. The Kier molecular flexibility index (Phi) is 6.85. The first kappa shape index (κ1) is 18.9. The van der Waals surface area contributed by atoms with Crippen molar-refractivity contribution in [3.63, 3.8) is 0 Å². The van der Waals surface area contributed by atoms with E-state index >= 15 is 0 Å². The predicted octanol–water partition coefficient (Wildman–Crippen LogP) is 2.64. The molecule has 3 N–H and O–H groups in total. The summed E-state index contributed by atoms with van der Waals surface area (Å²) in [6, 6.07) is 4.41. The molecule has 1 heterocycles. The molecule has 1 aromatic carbocycles. The normalized spacial score (nSPS) is 19.6. The van der Waals surface area contributed by atoms with Crippen LogP contribution in [0.15, 0.2) is 12.1 Å². The first-order valence-corrected chi connectivity index (χ1v) is 7.72. The van der Waals surface area contributed by atoms with E-state index in [2.05, 4.69) is 29.3 Å². The molecular weight excluding hydrogens is 298 g/mol. The minimum absolute atomic E-state index is 0. The van der Waals surface area contributed by atoms with E-state index in [0.29, 0.717) is 12.5 Å². The Morgan fingerprint density at radius 2 is 1.95 bits per heavy atom. The van der Waals surface area contributed by atoms with Gasteiger partial charge in [-0.15, -0.1) is 12.4 Å². The summed E-state index contributed by atoms with van der Waals surface area (Å²) < 4.78 is 0. The van der Waals surface area contributed by atoms with Crippen molar-refractivity contribution < 1.29 is 4.79 Å². The number of nitrogens with two attached hydrogens (primary N) is 1. The highest BCUT2D eigenvalue weighted by Gasteiger charge is 2.26. The van der Waals surface area contributed by atoms with Crippen LogP contribution in [-0.4, -0.2) is 36.5 Å². The zero-order valence-electron chi connectivity index (χ0n) is 14.0. The van der Waals surface area contributed by atoms with Crippen molar-refractivity contribution >= 4 is 24.0 Å². The highest BCUT2D eigenvalue weighted by atomic mass is 35.5. The van der Waals surface area contributed by atoms with Gasteiger partial charge < -0.3 is 11.1 Å². The molecule has 0 spiro atoms. The molecule has 1 aliphatic heterocycles. The van der Waals surface area contributed by atoms with Crippen molar-refractivity contribution in [1.82, 2.24) is 4.90 Å². The topological polar surface area (TPSA) is 58.4 Å². The molecule has 1 amide bonds. The van der Waals surface area contributed by atoms with E-state index in [1.807, 2.05) is 20.8 Å². The molecule has 124 valence electrons. The number of carbonyl (C=O) groups is 1. The van der Waals surface area contributed by atoms with Crippen LogP contribution in [0.25, 0.3) is 0 Å². The molecule has 1 aliphatic rings. The fourth-order valence-electron chi connectivity index (χ4n) is 3.19. The van der Waals surface area contributed by atoms with Crippen LogP contribution in [-0.2, 0) is 4.79 Å². The van der Waals surface area contributed by atoms with Crippen LogP contribution in [0.4, 0.5) is 5.69 Å². The van der Waals surface area contributed by atoms with Crippen LogP contribution in [0.3, 0.4) is 0 Å². The van der Waals surface area contributed by atoms with Gasteiger partial charge in [-0.1, -0.05) is 17.7 Å². The van der Waals surface area contributed by atoms with Crippen molar-refractivity contribution in [2.24, 2.45) is 11.7 Å². The number of nitrogens with one attached hydrogen (secondary N) is 1. The van der Waals surface area contributed by atoms with Gasteiger partial charge in [0.25, 0.3) is 0 Å². The number of benzene rings is 1. The van der Waals surface area contributed by atoms with Crippen molar-refractivity contribution in [2.45, 2.75) is 40.2 Å². The third-order valence-electron chi connectivity index (χ3n) is 4.36. The second-order valence-electron chi connectivity index (χ2n) is 6.46. The van der Waals surface area contributed by atoms with Gasteiger partial charge in [-0.2, -0.15) is 0 Å². The second kappa shape index (κ2) is 7.95. The largest absolute Gasteiger partial charge is 0.328 e. The zero-order chi connectivity index (χ0) is 15.6. The maximum absolute atomic E-state index is 12.3. The lowest BCUT2D eigenvalue weighted by Gasteiger charge is -2.18. The number of anilines is 1. The lowest BCUT2D eigenvalue weighted by molar-refractivity contribution is -0.117. The molecule has 5 heteroatoms. The SMILES string of the molecule is Cc1cc(C)c(NC(=O)CN2CCC(C(C)N)C2)c(C)c1.Cl. The lowest BCUT2D eigenvalue weighted by Crippen LogP contribution is -2.34. The molecule has 4 nitrogen and oxygen atoms in total. The number of amides is 1. The monoisotopic (exact) mass is 325 g/mol. The molecule has 1 fully saturated rings. The van der Waals surface area contributed by atoms with Crippen LogP contribution in [0.1, 0.15) is 30.0 Å². The molecule has 22 heavy (non-hydrogen) atoms. The highest BCUT2D eigenvalue weighted by molar-refractivity contribution is 5.93. The van der Waals surface area contributed by atoms with E-state index in [-0.39, 0.29) is 24.4 Å². The molecule has 0 aromatic heterocycles. The molecule has 0 saturated carbocycles. The standard InChI is InChI=1S/C17H27N3O.ClH/c1-11-7-12(2)17(13(3)8-11)19-16(21)10-20-6-5-15(9-20)14(4)18;/h7-8,14-15H,5-6,9-10,18H2,1-4H3,(H,19,21);1H. The van der Waals surface area contributed by atoms with Gasteiger partial charge in [-0.05, 0) is 57.7 Å². The Hall–Kier alpha value is -1.10. The van der Waals surface area contributed by atoms with Crippen LogP contribution < -0.4 is 11.1 Å². The van der Waals surface area contributed by atoms with Crippen molar-refractivity contribution in [3.05, 3.63) is 28.8 Å². The number of nitrogens with zero attached hydrogens (tertiary/aromatic N) is 1. The second-order valence-corrected chi connectivity index (χ2v) is 6.46. The van der Waals surface area contributed by atoms with Crippen LogP contribution in [0.5, 0.6) is 0 Å². The summed E-state index contributed by atoms with van der Waals surface area (Å²) in [5.41, 5.74) is 10.4. The van der Waals surface area contributed by atoms with Gasteiger partial charge in [-0.25, -0.2) is 0 Å². The van der Waals surface area contributed by atoms with E-state index in [4.69, 9.17) is 5.73 Å². The molecular formula is C17H28ClN3O. The molecule has 2 rings (SSSR count). The summed E-state index contributed by atoms with van der Waals surface area (Å²) in [6.07, 6.45) is 1.09. The minimum Gasteiger partial charge on any atom is -0.328 e. The van der Waals surface area contributed by atoms with E-state index in [1.165, 1.54) is 5.56 Å². The summed E-state index contributed by atoms with van der Waals surface area (Å²) in [4.78, 5) is 14.4. The van der Waals surface area contributed by atoms with Crippen LogP contribution in [0, 0.1) is 26.7 Å². The number of aryl methyl sites for hydroxylation is 3. The number of rotatable bonds is 4. The Bertz CT molecular complexity index is 508. The molecule has 1 aromatic rings. The van der Waals surface area contributed by atoms with E-state index < -0.39 is 0 Å².